The molecule has 7 nitrogen and oxygen atoms in total. The van der Waals surface area contributed by atoms with E-state index in [1.54, 1.807) is 0 Å². The maximum absolute atomic E-state index is 12.1. The van der Waals surface area contributed by atoms with Crippen LogP contribution in [0, 0.1) is 6.92 Å². The van der Waals surface area contributed by atoms with Gasteiger partial charge in [0.15, 0.2) is 0 Å². The third-order valence-corrected chi connectivity index (χ3v) is 2.80. The minimum absolute atomic E-state index is 0.269. The molecular weight excluding hydrogens is 274 g/mol. The highest BCUT2D eigenvalue weighted by Crippen LogP contribution is 2.18. The fourth-order valence-corrected chi connectivity index (χ4v) is 1.78. The number of para-hydroxylation sites is 1. The number of nitrogens with zero attached hydrogens (tertiary/aromatic N) is 1. The van der Waals surface area contributed by atoms with E-state index < -0.39 is 24.5 Å². The van der Waals surface area contributed by atoms with Crippen molar-refractivity contribution < 1.29 is 19.5 Å². The molecule has 0 saturated heterocycles. The maximum Gasteiger partial charge on any atom is 0.322 e. The molecule has 0 radical (unpaired) electrons. The number of carboxylic acid groups (broad SMARTS) is 1. The number of carbonyl (C=O) groups is 3. The summed E-state index contributed by atoms with van der Waals surface area (Å²) in [7, 11) is 0. The molecule has 0 aromatic heterocycles. The van der Waals surface area contributed by atoms with Crippen LogP contribution in [-0.4, -0.2) is 42.6 Å². The topological polar surface area (TPSA) is 98.7 Å². The second-order valence-corrected chi connectivity index (χ2v) is 4.36. The first kappa shape index (κ1) is 16.5. The smallest absolute Gasteiger partial charge is 0.322 e. The number of hydrogen-bond acceptors (Lipinski definition) is 3. The first-order valence-corrected chi connectivity index (χ1v) is 6.55. The first-order valence-electron chi connectivity index (χ1n) is 6.55. The van der Waals surface area contributed by atoms with Crippen molar-refractivity contribution in [2.45, 2.75) is 13.8 Å². The maximum atomic E-state index is 12.1. The summed E-state index contributed by atoms with van der Waals surface area (Å²) >= 11 is 0. The average Bonchev–Trinajstić information content (AvgIpc) is 2.45. The molecule has 1 aromatic carbocycles. The Morgan fingerprint density at radius 3 is 2.38 bits per heavy atom. The number of hydrogen-bond donors (Lipinski definition) is 3. The van der Waals surface area contributed by atoms with Crippen LogP contribution < -0.4 is 15.5 Å². The number of rotatable bonds is 6. The Labute approximate surface area is 122 Å². The minimum Gasteiger partial charge on any atom is -0.480 e. The zero-order chi connectivity index (χ0) is 15.8. The van der Waals surface area contributed by atoms with Crippen molar-refractivity contribution in [3.8, 4) is 0 Å². The van der Waals surface area contributed by atoms with Gasteiger partial charge in [0, 0.05) is 12.2 Å². The highest BCUT2D eigenvalue weighted by Gasteiger charge is 2.16. The highest BCUT2D eigenvalue weighted by atomic mass is 16.4. The van der Waals surface area contributed by atoms with Gasteiger partial charge >= 0.3 is 12.0 Å². The summed E-state index contributed by atoms with van der Waals surface area (Å²) in [6.07, 6.45) is 0. The van der Waals surface area contributed by atoms with Gasteiger partial charge in [-0.05, 0) is 25.5 Å². The molecular formula is C14H19N3O4. The van der Waals surface area contributed by atoms with E-state index in [9.17, 15) is 14.4 Å². The van der Waals surface area contributed by atoms with Gasteiger partial charge in [-0.1, -0.05) is 18.2 Å². The normalized spacial score (nSPS) is 9.81. The van der Waals surface area contributed by atoms with E-state index in [-0.39, 0.29) is 6.54 Å². The zero-order valence-electron chi connectivity index (χ0n) is 12.0. The molecule has 0 unspecified atom stereocenters. The molecule has 7 heteroatoms. The monoisotopic (exact) mass is 293 g/mol. The zero-order valence-corrected chi connectivity index (χ0v) is 12.0. The molecule has 114 valence electrons. The Kier molecular flexibility index (Phi) is 6.19. The number of carboxylic acids is 1. The van der Waals surface area contributed by atoms with Gasteiger partial charge in [0.05, 0.1) is 6.54 Å². The lowest BCUT2D eigenvalue weighted by Crippen LogP contribution is -2.45. The largest absolute Gasteiger partial charge is 0.480 e. The van der Waals surface area contributed by atoms with E-state index >= 15 is 0 Å². The van der Waals surface area contributed by atoms with Gasteiger partial charge < -0.3 is 15.7 Å². The second-order valence-electron chi connectivity index (χ2n) is 4.36. The van der Waals surface area contributed by atoms with Crippen molar-refractivity contribution in [2.24, 2.45) is 0 Å². The van der Waals surface area contributed by atoms with Crippen LogP contribution in [0.15, 0.2) is 24.3 Å². The summed E-state index contributed by atoms with van der Waals surface area (Å²) < 4.78 is 0. The SMILES string of the molecule is CCN(C(=O)NCC(=O)NCC(=O)O)c1ccccc1C. The number of carbonyl (C=O) groups excluding carboxylic acids is 2. The lowest BCUT2D eigenvalue weighted by molar-refractivity contribution is -0.137. The Bertz CT molecular complexity index is 531. The van der Waals surface area contributed by atoms with Gasteiger partial charge in [0.25, 0.3) is 0 Å². The van der Waals surface area contributed by atoms with Gasteiger partial charge in [-0.25, -0.2) is 4.79 Å². The first-order chi connectivity index (χ1) is 9.95. The lowest BCUT2D eigenvalue weighted by atomic mass is 10.2. The molecule has 0 spiro atoms. The fraction of sp³-hybridized carbons (Fsp3) is 0.357. The summed E-state index contributed by atoms with van der Waals surface area (Å²) in [5.41, 5.74) is 1.72. The predicted molar refractivity (Wildman–Crippen MR) is 78.2 cm³/mol. The molecule has 0 atom stereocenters. The van der Waals surface area contributed by atoms with E-state index in [0.717, 1.165) is 11.3 Å². The Morgan fingerprint density at radius 2 is 1.81 bits per heavy atom. The van der Waals surface area contributed by atoms with Crippen LogP contribution in [0.5, 0.6) is 0 Å². The minimum atomic E-state index is -1.13. The van der Waals surface area contributed by atoms with Crippen LogP contribution in [0.1, 0.15) is 12.5 Å². The van der Waals surface area contributed by atoms with Crippen LogP contribution in [0.4, 0.5) is 10.5 Å². The van der Waals surface area contributed by atoms with Crippen LogP contribution >= 0.6 is 0 Å². The summed E-state index contributed by atoms with van der Waals surface area (Å²) in [6, 6.07) is 7.02. The standard InChI is InChI=1S/C14H19N3O4/c1-3-17(11-7-5-4-6-10(11)2)14(21)16-8-12(18)15-9-13(19)20/h4-7H,3,8-9H2,1-2H3,(H,15,18)(H,16,21)(H,19,20). The molecule has 0 saturated carbocycles. The van der Waals surface area contributed by atoms with Gasteiger partial charge in [0.2, 0.25) is 5.91 Å². The second kappa shape index (κ2) is 7.88. The number of benzene rings is 1. The summed E-state index contributed by atoms with van der Waals surface area (Å²) in [5.74, 6) is -1.68. The molecule has 0 aliphatic carbocycles. The van der Waals surface area contributed by atoms with Crippen molar-refractivity contribution in [3.05, 3.63) is 29.8 Å². The number of nitrogens with one attached hydrogen (secondary N) is 2. The molecule has 3 amide bonds. The van der Waals surface area contributed by atoms with Gasteiger partial charge in [-0.15, -0.1) is 0 Å². The summed E-state index contributed by atoms with van der Waals surface area (Å²) in [6.45, 7) is 3.44. The van der Waals surface area contributed by atoms with Crippen LogP contribution in [0.2, 0.25) is 0 Å². The number of aryl methyl sites for hydroxylation is 1. The number of aliphatic carboxylic acids is 1. The Hall–Kier alpha value is -2.57. The summed E-state index contributed by atoms with van der Waals surface area (Å²) in [5, 5.41) is 13.1. The molecule has 0 aliphatic rings. The third-order valence-electron chi connectivity index (χ3n) is 2.80. The fourth-order valence-electron chi connectivity index (χ4n) is 1.78. The quantitative estimate of drug-likeness (QED) is 0.720. The van der Waals surface area contributed by atoms with Crippen molar-refractivity contribution in [2.75, 3.05) is 24.5 Å². The molecule has 3 N–H and O–H groups in total. The average molecular weight is 293 g/mol. The van der Waals surface area contributed by atoms with Crippen molar-refractivity contribution in [1.82, 2.24) is 10.6 Å². The predicted octanol–water partition coefficient (Wildman–Crippen LogP) is 0.732. The van der Waals surface area contributed by atoms with Gasteiger partial charge in [-0.3, -0.25) is 14.5 Å². The van der Waals surface area contributed by atoms with Crippen molar-refractivity contribution >= 4 is 23.6 Å². The highest BCUT2D eigenvalue weighted by molar-refractivity contribution is 5.95. The van der Waals surface area contributed by atoms with Crippen molar-refractivity contribution in [3.63, 3.8) is 0 Å². The lowest BCUT2D eigenvalue weighted by Gasteiger charge is -2.23. The van der Waals surface area contributed by atoms with E-state index in [2.05, 4.69) is 10.6 Å². The molecule has 1 aromatic rings. The molecule has 0 fully saturated rings. The van der Waals surface area contributed by atoms with Gasteiger partial charge in [-0.2, -0.15) is 0 Å². The van der Waals surface area contributed by atoms with Crippen LogP contribution in [0.3, 0.4) is 0 Å². The van der Waals surface area contributed by atoms with E-state index in [1.165, 1.54) is 4.90 Å². The molecule has 0 heterocycles. The Morgan fingerprint density at radius 1 is 1.14 bits per heavy atom. The molecule has 21 heavy (non-hydrogen) atoms. The van der Waals surface area contributed by atoms with Crippen LogP contribution in [-0.2, 0) is 9.59 Å². The number of urea groups is 1. The van der Waals surface area contributed by atoms with Crippen molar-refractivity contribution in [1.29, 1.82) is 0 Å². The third kappa shape index (κ3) is 5.13. The molecule has 0 bridgehead atoms. The van der Waals surface area contributed by atoms with Gasteiger partial charge in [0.1, 0.15) is 6.54 Å². The van der Waals surface area contributed by atoms with Crippen LogP contribution in [0.25, 0.3) is 0 Å². The Balaban J connectivity index is 2.59. The molecule has 0 aliphatic heterocycles. The van der Waals surface area contributed by atoms with E-state index in [1.807, 2.05) is 38.1 Å². The van der Waals surface area contributed by atoms with E-state index in [4.69, 9.17) is 5.11 Å². The van der Waals surface area contributed by atoms with E-state index in [0.29, 0.717) is 6.54 Å². The number of amides is 3. The summed E-state index contributed by atoms with van der Waals surface area (Å²) in [4.78, 5) is 35.3. The molecule has 1 rings (SSSR count). The number of anilines is 1.